The van der Waals surface area contributed by atoms with E-state index in [-0.39, 0.29) is 18.0 Å². The van der Waals surface area contributed by atoms with E-state index in [0.29, 0.717) is 29.4 Å². The van der Waals surface area contributed by atoms with Gasteiger partial charge in [0.2, 0.25) is 0 Å². The standard InChI is InChI=1S/C26H21FN2O5/c1-2-33-21-13-11-20(12-14-21)29-25(31)22(24(30)28-26(29)32)15-18-5-3-4-6-23(18)34-16-17-7-9-19(27)10-8-17/h3-15H,2,16H2,1H3,(H,28,30,32)/b22-15+. The molecule has 0 bridgehead atoms. The Hall–Kier alpha value is -4.46. The molecule has 0 unspecified atom stereocenters. The van der Waals surface area contributed by atoms with Crippen LogP contribution in [0.5, 0.6) is 11.5 Å². The lowest BCUT2D eigenvalue weighted by atomic mass is 10.1. The third-order valence-electron chi connectivity index (χ3n) is 5.03. The molecule has 4 rings (SSSR count). The summed E-state index contributed by atoms with van der Waals surface area (Å²) in [7, 11) is 0. The molecule has 0 atom stereocenters. The molecule has 3 aromatic carbocycles. The minimum atomic E-state index is -0.836. The van der Waals surface area contributed by atoms with E-state index in [4.69, 9.17) is 9.47 Å². The van der Waals surface area contributed by atoms with E-state index in [1.807, 2.05) is 6.92 Å². The largest absolute Gasteiger partial charge is 0.494 e. The third-order valence-corrected chi connectivity index (χ3v) is 5.03. The van der Waals surface area contributed by atoms with Crippen molar-refractivity contribution in [3.05, 3.63) is 95.3 Å². The van der Waals surface area contributed by atoms with Crippen LogP contribution in [-0.2, 0) is 16.2 Å². The van der Waals surface area contributed by atoms with Crippen LogP contribution >= 0.6 is 0 Å². The highest BCUT2D eigenvalue weighted by Gasteiger charge is 2.37. The lowest BCUT2D eigenvalue weighted by molar-refractivity contribution is -0.122. The lowest BCUT2D eigenvalue weighted by Crippen LogP contribution is -2.54. The number of benzene rings is 3. The minimum absolute atomic E-state index is 0.164. The van der Waals surface area contributed by atoms with Gasteiger partial charge in [0.15, 0.2) is 0 Å². The number of barbiturate groups is 1. The number of halogens is 1. The van der Waals surface area contributed by atoms with Gasteiger partial charge in [-0.2, -0.15) is 0 Å². The van der Waals surface area contributed by atoms with Gasteiger partial charge in [0, 0.05) is 5.56 Å². The molecule has 1 N–H and O–H groups in total. The number of carbonyl (C=O) groups is 3. The molecule has 0 aliphatic carbocycles. The summed E-state index contributed by atoms with van der Waals surface area (Å²) in [5.41, 5.74) is 1.31. The Morgan fingerprint density at radius 1 is 0.912 bits per heavy atom. The van der Waals surface area contributed by atoms with Crippen molar-refractivity contribution in [3.63, 3.8) is 0 Å². The monoisotopic (exact) mass is 460 g/mol. The molecule has 7 nitrogen and oxygen atoms in total. The number of urea groups is 1. The summed E-state index contributed by atoms with van der Waals surface area (Å²) in [4.78, 5) is 39.0. The zero-order valence-corrected chi connectivity index (χ0v) is 18.3. The molecular formula is C26H21FN2O5. The normalized spacial score (nSPS) is 14.8. The van der Waals surface area contributed by atoms with Crippen LogP contribution in [0, 0.1) is 5.82 Å². The van der Waals surface area contributed by atoms with Gasteiger partial charge in [-0.05, 0) is 61.0 Å². The molecule has 0 saturated carbocycles. The average molecular weight is 460 g/mol. The zero-order chi connectivity index (χ0) is 24.1. The van der Waals surface area contributed by atoms with Crippen molar-refractivity contribution in [2.75, 3.05) is 11.5 Å². The zero-order valence-electron chi connectivity index (χ0n) is 18.3. The summed E-state index contributed by atoms with van der Waals surface area (Å²) >= 11 is 0. The highest BCUT2D eigenvalue weighted by molar-refractivity contribution is 6.39. The summed E-state index contributed by atoms with van der Waals surface area (Å²) < 4.78 is 24.4. The molecular weight excluding hydrogens is 439 g/mol. The van der Waals surface area contributed by atoms with E-state index < -0.39 is 17.8 Å². The predicted octanol–water partition coefficient (Wildman–Crippen LogP) is 4.47. The van der Waals surface area contributed by atoms with Gasteiger partial charge in [0.25, 0.3) is 11.8 Å². The molecule has 1 aliphatic rings. The molecule has 1 heterocycles. The number of ether oxygens (including phenoxy) is 2. The van der Waals surface area contributed by atoms with E-state index in [1.165, 1.54) is 18.2 Å². The quantitative estimate of drug-likeness (QED) is 0.415. The number of anilines is 1. The molecule has 172 valence electrons. The van der Waals surface area contributed by atoms with Crippen molar-refractivity contribution >= 4 is 29.6 Å². The molecule has 1 fully saturated rings. The van der Waals surface area contributed by atoms with Crippen molar-refractivity contribution in [2.24, 2.45) is 0 Å². The highest BCUT2D eigenvalue weighted by Crippen LogP contribution is 2.27. The van der Waals surface area contributed by atoms with Crippen LogP contribution in [0.15, 0.2) is 78.4 Å². The number of carbonyl (C=O) groups excluding carboxylic acids is 3. The van der Waals surface area contributed by atoms with Gasteiger partial charge in [-0.15, -0.1) is 0 Å². The maximum absolute atomic E-state index is 13.2. The second-order valence-corrected chi connectivity index (χ2v) is 7.34. The highest BCUT2D eigenvalue weighted by atomic mass is 19.1. The number of nitrogens with one attached hydrogen (secondary N) is 1. The number of nitrogens with zero attached hydrogens (tertiary/aromatic N) is 1. The topological polar surface area (TPSA) is 84.9 Å². The number of imide groups is 2. The smallest absolute Gasteiger partial charge is 0.335 e. The van der Waals surface area contributed by atoms with Gasteiger partial charge < -0.3 is 9.47 Å². The molecule has 1 aliphatic heterocycles. The number of rotatable bonds is 7. The first kappa shape index (κ1) is 22.7. The van der Waals surface area contributed by atoms with Crippen LogP contribution < -0.4 is 19.7 Å². The number of hydrogen-bond acceptors (Lipinski definition) is 5. The fourth-order valence-corrected chi connectivity index (χ4v) is 3.38. The summed E-state index contributed by atoms with van der Waals surface area (Å²) in [5.74, 6) is -0.890. The van der Waals surface area contributed by atoms with Gasteiger partial charge in [-0.25, -0.2) is 14.1 Å². The summed E-state index contributed by atoms with van der Waals surface area (Å²) in [6.07, 6.45) is 1.38. The van der Waals surface area contributed by atoms with Crippen LogP contribution in [0.3, 0.4) is 0 Å². The number of hydrogen-bond donors (Lipinski definition) is 1. The lowest BCUT2D eigenvalue weighted by Gasteiger charge is -2.26. The van der Waals surface area contributed by atoms with E-state index >= 15 is 0 Å². The Morgan fingerprint density at radius 2 is 1.62 bits per heavy atom. The van der Waals surface area contributed by atoms with Crippen molar-refractivity contribution < 1.29 is 28.2 Å². The molecule has 34 heavy (non-hydrogen) atoms. The first-order valence-corrected chi connectivity index (χ1v) is 10.6. The molecule has 8 heteroatoms. The molecule has 4 amide bonds. The molecule has 3 aromatic rings. The van der Waals surface area contributed by atoms with Gasteiger partial charge in [-0.3, -0.25) is 14.9 Å². The van der Waals surface area contributed by atoms with Gasteiger partial charge in [-0.1, -0.05) is 30.3 Å². The van der Waals surface area contributed by atoms with Crippen LogP contribution in [0.4, 0.5) is 14.9 Å². The second kappa shape index (κ2) is 9.99. The van der Waals surface area contributed by atoms with Crippen molar-refractivity contribution in [1.82, 2.24) is 5.32 Å². The average Bonchev–Trinajstić information content (AvgIpc) is 2.83. The van der Waals surface area contributed by atoms with Crippen LogP contribution in [0.25, 0.3) is 6.08 Å². The molecule has 0 radical (unpaired) electrons. The van der Waals surface area contributed by atoms with E-state index in [2.05, 4.69) is 5.32 Å². The van der Waals surface area contributed by atoms with Gasteiger partial charge in [0.05, 0.1) is 12.3 Å². The SMILES string of the molecule is CCOc1ccc(N2C(=O)NC(=O)/C(=C\c3ccccc3OCc3ccc(F)cc3)C2=O)cc1. The van der Waals surface area contributed by atoms with E-state index in [0.717, 1.165) is 10.5 Å². The Bertz CT molecular complexity index is 1250. The second-order valence-electron chi connectivity index (χ2n) is 7.34. The third kappa shape index (κ3) is 4.96. The first-order valence-electron chi connectivity index (χ1n) is 10.6. The molecule has 0 aromatic heterocycles. The minimum Gasteiger partial charge on any atom is -0.494 e. The number of amides is 4. The maximum atomic E-state index is 13.2. The number of para-hydroxylation sites is 1. The van der Waals surface area contributed by atoms with Crippen LogP contribution in [0.1, 0.15) is 18.1 Å². The first-order chi connectivity index (χ1) is 16.5. The maximum Gasteiger partial charge on any atom is 0.335 e. The van der Waals surface area contributed by atoms with Crippen molar-refractivity contribution in [2.45, 2.75) is 13.5 Å². The molecule has 1 saturated heterocycles. The van der Waals surface area contributed by atoms with Crippen LogP contribution in [0.2, 0.25) is 0 Å². The van der Waals surface area contributed by atoms with Gasteiger partial charge >= 0.3 is 6.03 Å². The Balaban J connectivity index is 1.60. The van der Waals surface area contributed by atoms with E-state index in [1.54, 1.807) is 60.7 Å². The van der Waals surface area contributed by atoms with Crippen molar-refractivity contribution in [3.8, 4) is 11.5 Å². The predicted molar refractivity (Wildman–Crippen MR) is 124 cm³/mol. The Kier molecular flexibility index (Phi) is 6.68. The summed E-state index contributed by atoms with van der Waals surface area (Å²) in [6.45, 7) is 2.49. The van der Waals surface area contributed by atoms with Crippen LogP contribution in [-0.4, -0.2) is 24.5 Å². The van der Waals surface area contributed by atoms with E-state index in [9.17, 15) is 18.8 Å². The Labute approximate surface area is 195 Å². The summed E-state index contributed by atoms with van der Waals surface area (Å²) in [6, 6.07) is 18.3. The molecule has 0 spiro atoms. The summed E-state index contributed by atoms with van der Waals surface area (Å²) in [5, 5.41) is 2.20. The fourth-order valence-electron chi connectivity index (χ4n) is 3.38. The Morgan fingerprint density at radius 3 is 2.32 bits per heavy atom. The van der Waals surface area contributed by atoms with Crippen molar-refractivity contribution in [1.29, 1.82) is 0 Å². The van der Waals surface area contributed by atoms with Gasteiger partial charge in [0.1, 0.15) is 29.5 Å². The fraction of sp³-hybridized carbons (Fsp3) is 0.115.